The molecule has 3 heterocycles. The van der Waals surface area contributed by atoms with Crippen LogP contribution in [0.15, 0.2) is 24.3 Å². The van der Waals surface area contributed by atoms with E-state index in [-0.39, 0.29) is 66.0 Å². The highest BCUT2D eigenvalue weighted by Crippen LogP contribution is 2.49. The van der Waals surface area contributed by atoms with E-state index in [9.17, 15) is 0 Å². The number of benzene rings is 2. The highest BCUT2D eigenvalue weighted by Gasteiger charge is 2.75. The van der Waals surface area contributed by atoms with E-state index in [1.54, 1.807) is 9.80 Å². The minimum Gasteiger partial charge on any atom is -1.00 e. The van der Waals surface area contributed by atoms with Gasteiger partial charge in [0.05, 0.1) is 50.4 Å². The first-order valence-corrected chi connectivity index (χ1v) is 23.6. The lowest BCUT2D eigenvalue weighted by atomic mass is 9.80. The third-order valence-electron chi connectivity index (χ3n) is 13.7. The number of unbranched alkanes of at least 4 members (excludes halogenated alkanes) is 2. The van der Waals surface area contributed by atoms with Gasteiger partial charge in [0.25, 0.3) is 0 Å². The molecule has 1 unspecified atom stereocenters. The van der Waals surface area contributed by atoms with Crippen molar-refractivity contribution >= 4 is 12.4 Å². The Balaban J connectivity index is 0.00000465. The van der Waals surface area contributed by atoms with Crippen molar-refractivity contribution in [1.29, 1.82) is 0 Å². The monoisotopic (exact) mass is 927 g/mol. The van der Waals surface area contributed by atoms with Crippen LogP contribution in [0.4, 0.5) is 0 Å². The Morgan fingerprint density at radius 1 is 0.574 bits per heavy atom. The lowest BCUT2D eigenvalue weighted by Gasteiger charge is -2.34. The highest BCUT2D eigenvalue weighted by molar-refractivity contribution is 5.85. The Labute approximate surface area is 398 Å². The third kappa shape index (κ3) is 13.1. The predicted octanol–water partition coefficient (Wildman–Crippen LogP) is -2.99. The standard InChI is InChI=1S/C51H84N4O2.4ClH/c1-15-21-25-38(26-22-16-2)40-31-42-35-54-37-50(13,14)55-36-43-32-41(39(27-23-29-52(17-3)18-4)28-24-30-53(19-5)20-6)34-45(49(10,11)12)47(43)57-51(54,55)56-46(42)44(33-40)48(7,8)9;;;;/h31-36,38-39H,15-30,37H2,1-14H3;4*1H/q+2;;;;/p-2. The van der Waals surface area contributed by atoms with Crippen LogP contribution in [0.1, 0.15) is 206 Å². The van der Waals surface area contributed by atoms with Crippen LogP contribution < -0.4 is 68.9 Å². The molecule has 1 atom stereocenters. The molecule has 2 N–H and O–H groups in total. The van der Waals surface area contributed by atoms with Crippen molar-refractivity contribution in [1.82, 2.24) is 0 Å². The van der Waals surface area contributed by atoms with E-state index < -0.39 is 6.03 Å². The van der Waals surface area contributed by atoms with Gasteiger partial charge in [-0.25, -0.2) is 0 Å². The molecule has 1 fully saturated rings. The fourth-order valence-electron chi connectivity index (χ4n) is 9.92. The summed E-state index contributed by atoms with van der Waals surface area (Å²) >= 11 is 0. The van der Waals surface area contributed by atoms with Crippen molar-refractivity contribution in [3.8, 4) is 11.5 Å². The molecule has 0 amide bonds. The zero-order chi connectivity index (χ0) is 41.8. The van der Waals surface area contributed by atoms with E-state index in [4.69, 9.17) is 9.47 Å². The van der Waals surface area contributed by atoms with Crippen LogP contribution in [0.2, 0.25) is 0 Å². The molecule has 3 aliphatic heterocycles. The van der Waals surface area contributed by atoms with Crippen LogP contribution in [-0.2, 0) is 10.8 Å². The summed E-state index contributed by atoms with van der Waals surface area (Å²) in [5.41, 5.74) is 7.49. The molecule has 1 spiro atoms. The molecule has 0 aromatic heterocycles. The number of rotatable bonds is 20. The van der Waals surface area contributed by atoms with Gasteiger partial charge in [0.1, 0.15) is 0 Å². The summed E-state index contributed by atoms with van der Waals surface area (Å²) in [5, 5.41) is 0. The topological polar surface area (TPSA) is 33.4 Å². The van der Waals surface area contributed by atoms with Gasteiger partial charge >= 0.3 is 6.03 Å². The minimum absolute atomic E-state index is 0. The lowest BCUT2D eigenvalue weighted by molar-refractivity contribution is -0.896. The average molecular weight is 929 g/mol. The molecular formula is C51H86Cl4N4O2. The highest BCUT2D eigenvalue weighted by atomic mass is 35.5. The zero-order valence-electron chi connectivity index (χ0n) is 40.9. The van der Waals surface area contributed by atoms with Gasteiger partial charge in [-0.1, -0.05) is 102 Å². The zero-order valence-corrected chi connectivity index (χ0v) is 43.9. The maximum Gasteiger partial charge on any atom is 0.704 e. The Morgan fingerprint density at radius 3 is 1.31 bits per heavy atom. The number of nitrogens with zero attached hydrogens (tertiary/aromatic N) is 2. The first-order chi connectivity index (χ1) is 27.0. The molecule has 2 aromatic rings. The molecule has 2 aromatic carbocycles. The third-order valence-corrected chi connectivity index (χ3v) is 13.7. The largest absolute Gasteiger partial charge is 1.00 e. The molecule has 61 heavy (non-hydrogen) atoms. The molecule has 350 valence electrons. The molecule has 10 heteroatoms. The van der Waals surface area contributed by atoms with Gasteiger partial charge in [0.15, 0.2) is 23.9 Å². The summed E-state index contributed by atoms with van der Waals surface area (Å²) in [6.07, 6.45) is 17.3. The van der Waals surface area contributed by atoms with Crippen molar-refractivity contribution < 1.29 is 78.1 Å². The lowest BCUT2D eigenvalue weighted by Crippen LogP contribution is -3.11. The van der Waals surface area contributed by atoms with E-state index in [2.05, 4.69) is 143 Å². The summed E-state index contributed by atoms with van der Waals surface area (Å²) in [6.45, 7) is 40.9. The summed E-state index contributed by atoms with van der Waals surface area (Å²) < 4.78 is 19.8. The van der Waals surface area contributed by atoms with Crippen molar-refractivity contribution in [2.24, 2.45) is 0 Å². The molecule has 0 saturated carbocycles. The first-order valence-electron chi connectivity index (χ1n) is 23.6. The molecule has 1 saturated heterocycles. The average Bonchev–Trinajstić information content (AvgIpc) is 3.38. The smallest absolute Gasteiger partial charge is 0.704 e. The maximum absolute atomic E-state index is 7.53. The van der Waals surface area contributed by atoms with Crippen molar-refractivity contribution in [2.45, 2.75) is 195 Å². The van der Waals surface area contributed by atoms with Crippen LogP contribution in [-0.4, -0.2) is 79.0 Å². The van der Waals surface area contributed by atoms with Gasteiger partial charge in [-0.05, 0) is 112 Å². The Morgan fingerprint density at radius 2 is 0.951 bits per heavy atom. The van der Waals surface area contributed by atoms with Gasteiger partial charge in [-0.15, -0.1) is 0 Å². The Bertz CT molecular complexity index is 1710. The number of halogens is 4. The van der Waals surface area contributed by atoms with E-state index in [0.717, 1.165) is 18.0 Å². The Hall–Kier alpha value is -1.54. The van der Waals surface area contributed by atoms with Crippen molar-refractivity contribution in [3.63, 3.8) is 0 Å². The second kappa shape index (κ2) is 24.1. The fourth-order valence-corrected chi connectivity index (χ4v) is 9.92. The number of fused-ring (bicyclic) bond motifs is 2. The van der Waals surface area contributed by atoms with Crippen molar-refractivity contribution in [3.05, 3.63) is 57.6 Å². The van der Waals surface area contributed by atoms with Crippen LogP contribution in [0, 0.1) is 0 Å². The van der Waals surface area contributed by atoms with E-state index in [0.29, 0.717) is 11.8 Å². The van der Waals surface area contributed by atoms with Crippen LogP contribution in [0.5, 0.6) is 11.5 Å². The van der Waals surface area contributed by atoms with Crippen LogP contribution in [0.25, 0.3) is 0 Å². The number of quaternary nitrogens is 2. The molecule has 3 aliphatic rings. The number of ether oxygens (including phenoxy) is 2. The molecule has 6 nitrogen and oxygen atoms in total. The van der Waals surface area contributed by atoms with Gasteiger partial charge in [-0.2, -0.15) is 0 Å². The summed E-state index contributed by atoms with van der Waals surface area (Å²) in [5.74, 6) is 3.06. The predicted molar refractivity (Wildman–Crippen MR) is 241 cm³/mol. The molecule has 0 aliphatic carbocycles. The van der Waals surface area contributed by atoms with Crippen LogP contribution >= 0.6 is 0 Å². The molecule has 0 bridgehead atoms. The number of hydrogen-bond donors (Lipinski definition) is 2. The normalized spacial score (nSPS) is 17.4. The van der Waals surface area contributed by atoms with Gasteiger partial charge in [0.2, 0.25) is 12.1 Å². The van der Waals surface area contributed by atoms with E-state index in [1.807, 2.05) is 0 Å². The van der Waals surface area contributed by atoms with Crippen LogP contribution in [0.3, 0.4) is 0 Å². The second-order valence-corrected chi connectivity index (χ2v) is 20.7. The van der Waals surface area contributed by atoms with Gasteiger partial charge in [-0.3, -0.25) is 0 Å². The maximum atomic E-state index is 7.53. The summed E-state index contributed by atoms with van der Waals surface area (Å²) in [7, 11) is 0. The van der Waals surface area contributed by atoms with E-state index in [1.165, 1.54) is 137 Å². The summed E-state index contributed by atoms with van der Waals surface area (Å²) in [6, 6.07) is 8.89. The minimum atomic E-state index is -1.09. The number of hydrogen-bond acceptors (Lipinski definition) is 2. The molecular weight excluding hydrogens is 842 g/mol. The first kappa shape index (κ1) is 57.5. The molecule has 5 rings (SSSR count). The number of nitrogens with one attached hydrogen (secondary N) is 2. The fraction of sp³-hybridized carbons (Fsp3) is 0.725. The SMILES string of the molecule is CCCCC(CCCC)c1cc2c(c(C(C)(C)C)c1)OC13Oc4c(cc(C(CCC[NH+](CC)CC)CCC[NH+](CC)CC)cc4C(C)(C)C)C=[N+]1C(C)(C)C[N+]3=C2.[Cl-].[Cl-].[Cl-].[Cl-]. The van der Waals surface area contributed by atoms with Gasteiger partial charge in [0, 0.05) is 25.0 Å². The summed E-state index contributed by atoms with van der Waals surface area (Å²) in [4.78, 5) is 3.42. The van der Waals surface area contributed by atoms with Gasteiger partial charge < -0.3 is 68.9 Å². The van der Waals surface area contributed by atoms with Crippen molar-refractivity contribution in [2.75, 3.05) is 45.8 Å². The molecule has 0 radical (unpaired) electrons. The van der Waals surface area contributed by atoms with E-state index >= 15 is 0 Å². The Kier molecular flexibility index (Phi) is 22.7. The second-order valence-electron chi connectivity index (χ2n) is 20.7. The quantitative estimate of drug-likeness (QED) is 0.139.